The van der Waals surface area contributed by atoms with Crippen LogP contribution in [0.2, 0.25) is 26.2 Å². The third-order valence-electron chi connectivity index (χ3n) is 3.06. The van der Waals surface area contributed by atoms with Crippen molar-refractivity contribution in [3.05, 3.63) is 0 Å². The zero-order valence-corrected chi connectivity index (χ0v) is 20.1. The van der Waals surface area contributed by atoms with Crippen LogP contribution in [0.1, 0.15) is 40.5 Å². The molecule has 27 heavy (non-hydrogen) atoms. The first-order chi connectivity index (χ1) is 12.4. The van der Waals surface area contributed by atoms with Crippen LogP contribution in [0.4, 0.5) is 0 Å². The highest BCUT2D eigenvalue weighted by Crippen LogP contribution is 2.11. The lowest BCUT2D eigenvalue weighted by molar-refractivity contribution is 0.0585. The summed E-state index contributed by atoms with van der Waals surface area (Å²) >= 11 is 0. The smallest absolute Gasteiger partial charge is 0.266 e. The second-order valence-corrected chi connectivity index (χ2v) is 14.8. The van der Waals surface area contributed by atoms with Gasteiger partial charge in [0.15, 0.2) is 0 Å². The fourth-order valence-electron chi connectivity index (χ4n) is 2.42. The van der Waals surface area contributed by atoms with Crippen molar-refractivity contribution >= 4 is 16.6 Å². The molecular formula is C22H34O3Si2. The van der Waals surface area contributed by atoms with Gasteiger partial charge >= 0.3 is 0 Å². The largest absolute Gasteiger partial charge is 0.403 e. The van der Waals surface area contributed by atoms with E-state index in [1.54, 1.807) is 0 Å². The molecule has 0 aromatic heterocycles. The molecule has 0 aliphatic rings. The molecule has 0 aliphatic carbocycles. The molecule has 0 aromatic rings. The predicted molar refractivity (Wildman–Crippen MR) is 119 cm³/mol. The van der Waals surface area contributed by atoms with Gasteiger partial charge in [-0.05, 0) is 53.9 Å². The highest BCUT2D eigenvalue weighted by molar-refractivity contribution is 6.79. The first-order valence-electron chi connectivity index (χ1n) is 9.34. The van der Waals surface area contributed by atoms with Crippen LogP contribution in [0, 0.1) is 47.6 Å². The fourth-order valence-corrected chi connectivity index (χ4v) is 5.92. The van der Waals surface area contributed by atoms with Gasteiger partial charge in [-0.2, -0.15) is 0 Å². The quantitative estimate of drug-likeness (QED) is 0.451. The maximum Gasteiger partial charge on any atom is 0.266 e. The van der Waals surface area contributed by atoms with Crippen molar-refractivity contribution in [3.8, 4) is 47.6 Å². The van der Waals surface area contributed by atoms with Crippen LogP contribution in [-0.2, 0) is 13.6 Å². The van der Waals surface area contributed by atoms with E-state index in [1.807, 2.05) is 27.7 Å². The molecule has 0 N–H and O–H groups in total. The molecule has 0 aromatic carbocycles. The van der Waals surface area contributed by atoms with Crippen molar-refractivity contribution < 1.29 is 13.6 Å². The summed E-state index contributed by atoms with van der Waals surface area (Å²) in [6.07, 6.45) is 11.2. The van der Waals surface area contributed by atoms with Crippen LogP contribution in [-0.4, -0.2) is 41.1 Å². The average molecular weight is 403 g/mol. The Bertz CT molecular complexity index is 600. The Morgan fingerprint density at radius 1 is 0.704 bits per heavy atom. The molecule has 0 heterocycles. The van der Waals surface area contributed by atoms with Crippen LogP contribution >= 0.6 is 0 Å². The highest BCUT2D eigenvalue weighted by Gasteiger charge is 2.23. The third-order valence-corrected chi connectivity index (χ3v) is 6.68. The van der Waals surface area contributed by atoms with Crippen molar-refractivity contribution in [3.63, 3.8) is 0 Å². The maximum absolute atomic E-state index is 6.03. The zero-order valence-electron chi connectivity index (χ0n) is 18.1. The van der Waals surface area contributed by atoms with E-state index in [1.165, 1.54) is 0 Å². The summed E-state index contributed by atoms with van der Waals surface area (Å²) in [5.74, 6) is 11.5. The minimum atomic E-state index is -2.09. The van der Waals surface area contributed by atoms with Crippen molar-refractivity contribution in [2.24, 2.45) is 0 Å². The van der Waals surface area contributed by atoms with Gasteiger partial charge in [0.05, 0.1) is 0 Å². The molecule has 0 saturated carbocycles. The van der Waals surface area contributed by atoms with Crippen LogP contribution in [0.25, 0.3) is 0 Å². The molecule has 0 rings (SSSR count). The van der Waals surface area contributed by atoms with Gasteiger partial charge in [-0.1, -0.05) is 22.9 Å². The van der Waals surface area contributed by atoms with Gasteiger partial charge < -0.3 is 13.6 Å². The number of hydrogen-bond donors (Lipinski definition) is 0. The van der Waals surface area contributed by atoms with E-state index >= 15 is 0 Å². The zero-order chi connectivity index (χ0) is 21.1. The molecule has 0 aliphatic heterocycles. The molecule has 3 nitrogen and oxygen atoms in total. The topological polar surface area (TPSA) is 27.7 Å². The number of ether oxygens (including phenoxy) is 1. The van der Waals surface area contributed by atoms with E-state index < -0.39 is 28.8 Å². The molecule has 0 saturated heterocycles. The van der Waals surface area contributed by atoms with Crippen molar-refractivity contribution in [1.29, 1.82) is 0 Å². The van der Waals surface area contributed by atoms with Gasteiger partial charge in [0.1, 0.15) is 12.2 Å². The van der Waals surface area contributed by atoms with Crippen LogP contribution in [0.5, 0.6) is 0 Å². The Morgan fingerprint density at radius 2 is 1.04 bits per heavy atom. The Balaban J connectivity index is 5.33. The van der Waals surface area contributed by atoms with E-state index in [0.29, 0.717) is 12.8 Å². The first-order valence-corrected chi connectivity index (χ1v) is 15.2. The molecule has 0 radical (unpaired) electrons. The molecule has 148 valence electrons. The third kappa shape index (κ3) is 13.4. The summed E-state index contributed by atoms with van der Waals surface area (Å²) in [6.45, 7) is 16.3. The lowest BCUT2D eigenvalue weighted by Crippen LogP contribution is -2.33. The van der Waals surface area contributed by atoms with E-state index in [9.17, 15) is 0 Å². The van der Waals surface area contributed by atoms with Crippen LogP contribution < -0.4 is 0 Å². The number of hydrogen-bond acceptors (Lipinski definition) is 3. The standard InChI is InChI=1S/C22H34O3Si2/c1-11-13-21(15-17-26(7,8)24-19(3)4)23-22(14-12-2)16-18-27(9,10)25-20(5)6/h1-2,19-22H,13-14H2,3-10H3. The van der Waals surface area contributed by atoms with E-state index in [0.717, 1.165) is 0 Å². The lowest BCUT2D eigenvalue weighted by Gasteiger charge is -2.21. The Labute approximate surface area is 169 Å². The second-order valence-electron chi connectivity index (χ2n) is 7.82. The maximum atomic E-state index is 6.03. The van der Waals surface area contributed by atoms with E-state index in [2.05, 4.69) is 61.0 Å². The molecule has 5 heteroatoms. The molecule has 0 amide bonds. The lowest BCUT2D eigenvalue weighted by atomic mass is 10.2. The predicted octanol–water partition coefficient (Wildman–Crippen LogP) is 4.13. The molecule has 2 unspecified atom stereocenters. The van der Waals surface area contributed by atoms with Gasteiger partial charge in [0.2, 0.25) is 0 Å². The van der Waals surface area contributed by atoms with Gasteiger partial charge in [0.25, 0.3) is 16.6 Å². The van der Waals surface area contributed by atoms with Crippen molar-refractivity contribution in [2.75, 3.05) is 0 Å². The Morgan fingerprint density at radius 3 is 1.30 bits per heavy atom. The van der Waals surface area contributed by atoms with Gasteiger partial charge in [-0.3, -0.25) is 0 Å². The fraction of sp³-hybridized carbons (Fsp3) is 0.636. The van der Waals surface area contributed by atoms with Gasteiger partial charge in [-0.25, -0.2) is 0 Å². The summed E-state index contributed by atoms with van der Waals surface area (Å²) in [7, 11) is -4.19. The van der Waals surface area contributed by atoms with Crippen molar-refractivity contribution in [2.45, 2.75) is 91.1 Å². The number of rotatable bonds is 8. The first kappa shape index (κ1) is 25.6. The minimum Gasteiger partial charge on any atom is -0.403 e. The highest BCUT2D eigenvalue weighted by atomic mass is 28.4. The summed E-state index contributed by atoms with van der Waals surface area (Å²) < 4.78 is 17.9. The Kier molecular flexibility index (Phi) is 11.5. The summed E-state index contributed by atoms with van der Waals surface area (Å²) in [4.78, 5) is 0. The van der Waals surface area contributed by atoms with Crippen molar-refractivity contribution in [1.82, 2.24) is 0 Å². The normalized spacial score (nSPS) is 13.6. The number of terminal acetylenes is 2. The van der Waals surface area contributed by atoms with Gasteiger partial charge in [0, 0.05) is 25.0 Å². The van der Waals surface area contributed by atoms with Crippen LogP contribution in [0.3, 0.4) is 0 Å². The monoisotopic (exact) mass is 402 g/mol. The molecule has 2 atom stereocenters. The van der Waals surface area contributed by atoms with Gasteiger partial charge in [-0.15, -0.1) is 24.7 Å². The molecule has 0 bridgehead atoms. The summed E-state index contributed by atoms with van der Waals surface area (Å²) in [5, 5.41) is 0. The minimum absolute atomic E-state index is 0.140. The average Bonchev–Trinajstić information content (AvgIpc) is 2.48. The van der Waals surface area contributed by atoms with Crippen LogP contribution in [0.15, 0.2) is 0 Å². The molecule has 0 spiro atoms. The SMILES string of the molecule is C#CCC(C#C[Si](C)(C)OC(C)C)OC(C#C[Si](C)(C)OC(C)C)CC#C. The van der Waals surface area contributed by atoms with E-state index in [-0.39, 0.29) is 12.2 Å². The summed E-state index contributed by atoms with van der Waals surface area (Å²) in [5.41, 5.74) is 6.50. The molecular weight excluding hydrogens is 368 g/mol. The molecule has 0 fully saturated rings. The summed E-state index contributed by atoms with van der Waals surface area (Å²) in [6, 6.07) is 0. The Hall–Kier alpha value is -1.45. The van der Waals surface area contributed by atoms with E-state index in [4.69, 9.17) is 26.4 Å². The second kappa shape index (κ2) is 12.1.